The predicted molar refractivity (Wildman–Crippen MR) is 62.1 cm³/mol. The number of rotatable bonds is 2. The first-order chi connectivity index (χ1) is 7.58. The first-order valence-corrected chi connectivity index (χ1v) is 4.99. The van der Waals surface area contributed by atoms with Crippen molar-refractivity contribution in [2.45, 2.75) is 6.92 Å². The summed E-state index contributed by atoms with van der Waals surface area (Å²) in [5.74, 6) is 0.513. The Morgan fingerprint density at radius 1 is 1.50 bits per heavy atom. The summed E-state index contributed by atoms with van der Waals surface area (Å²) >= 11 is 5.90. The van der Waals surface area contributed by atoms with Crippen LogP contribution in [0.3, 0.4) is 0 Å². The predicted octanol–water partition coefficient (Wildman–Crippen LogP) is 1.51. The lowest BCUT2D eigenvalue weighted by atomic mass is 10.3. The average Bonchev–Trinajstić information content (AvgIpc) is 2.59. The Bertz CT molecular complexity index is 526. The van der Waals surface area contributed by atoms with Crippen molar-refractivity contribution in [1.82, 2.24) is 14.8 Å². The minimum Gasteiger partial charge on any atom is -0.382 e. The van der Waals surface area contributed by atoms with Crippen molar-refractivity contribution in [3.8, 4) is 5.82 Å². The quantitative estimate of drug-likeness (QED) is 0.612. The molecule has 82 valence electrons. The SMILES string of the molecule is Cc1nn(-c2cccc(C(=N)N)n2)cc1Cl. The van der Waals surface area contributed by atoms with E-state index in [2.05, 4.69) is 10.1 Å². The second-order valence-corrected chi connectivity index (χ2v) is 3.71. The molecule has 0 saturated carbocycles. The molecule has 2 aromatic heterocycles. The van der Waals surface area contributed by atoms with Gasteiger partial charge in [-0.15, -0.1) is 0 Å². The first-order valence-electron chi connectivity index (χ1n) is 4.61. The van der Waals surface area contributed by atoms with Crippen LogP contribution in [0, 0.1) is 12.3 Å². The standard InChI is InChI=1S/C10H10ClN5/c1-6-7(11)5-16(15-6)9-4-2-3-8(14-9)10(12)13/h2-5H,1H3,(H3,12,13). The van der Waals surface area contributed by atoms with Crippen molar-refractivity contribution in [3.05, 3.63) is 40.8 Å². The van der Waals surface area contributed by atoms with Crippen molar-refractivity contribution >= 4 is 17.4 Å². The second kappa shape index (κ2) is 3.94. The molecule has 0 bridgehead atoms. The summed E-state index contributed by atoms with van der Waals surface area (Å²) in [5.41, 5.74) is 6.51. The van der Waals surface area contributed by atoms with Crippen LogP contribution in [0.2, 0.25) is 5.02 Å². The topological polar surface area (TPSA) is 80.6 Å². The number of nitrogen functional groups attached to an aromatic ring is 1. The Kier molecular flexibility index (Phi) is 2.62. The maximum Gasteiger partial charge on any atom is 0.154 e. The van der Waals surface area contributed by atoms with E-state index in [9.17, 15) is 0 Å². The van der Waals surface area contributed by atoms with Gasteiger partial charge in [-0.3, -0.25) is 5.41 Å². The molecule has 3 N–H and O–H groups in total. The Balaban J connectivity index is 2.48. The van der Waals surface area contributed by atoms with Crippen LogP contribution in [0.4, 0.5) is 0 Å². The largest absolute Gasteiger partial charge is 0.382 e. The van der Waals surface area contributed by atoms with E-state index in [-0.39, 0.29) is 5.84 Å². The number of nitrogens with two attached hydrogens (primary N) is 1. The highest BCUT2D eigenvalue weighted by Crippen LogP contribution is 2.15. The van der Waals surface area contributed by atoms with E-state index < -0.39 is 0 Å². The molecule has 5 nitrogen and oxygen atoms in total. The average molecular weight is 236 g/mol. The van der Waals surface area contributed by atoms with Crippen molar-refractivity contribution in [2.24, 2.45) is 5.73 Å². The third kappa shape index (κ3) is 1.90. The number of pyridine rings is 1. The van der Waals surface area contributed by atoms with Gasteiger partial charge in [0.05, 0.1) is 16.9 Å². The van der Waals surface area contributed by atoms with E-state index >= 15 is 0 Å². The molecular formula is C10H10ClN5. The van der Waals surface area contributed by atoms with Crippen molar-refractivity contribution in [3.63, 3.8) is 0 Å². The molecule has 16 heavy (non-hydrogen) atoms. The molecule has 6 heteroatoms. The van der Waals surface area contributed by atoms with Crippen LogP contribution >= 0.6 is 11.6 Å². The smallest absolute Gasteiger partial charge is 0.154 e. The lowest BCUT2D eigenvalue weighted by Crippen LogP contribution is -2.14. The molecule has 2 rings (SSSR count). The van der Waals surface area contributed by atoms with Crippen LogP contribution in [0.15, 0.2) is 24.4 Å². The highest BCUT2D eigenvalue weighted by molar-refractivity contribution is 6.31. The number of nitrogens with one attached hydrogen (secondary N) is 1. The molecule has 0 saturated heterocycles. The first kappa shape index (κ1) is 10.6. The number of hydrogen-bond donors (Lipinski definition) is 2. The zero-order valence-corrected chi connectivity index (χ0v) is 9.36. The molecule has 0 unspecified atom stereocenters. The summed E-state index contributed by atoms with van der Waals surface area (Å²) in [6.07, 6.45) is 1.67. The van der Waals surface area contributed by atoms with E-state index in [0.717, 1.165) is 5.69 Å². The number of amidine groups is 1. The lowest BCUT2D eigenvalue weighted by Gasteiger charge is -2.02. The highest BCUT2D eigenvalue weighted by atomic mass is 35.5. The highest BCUT2D eigenvalue weighted by Gasteiger charge is 2.06. The van der Waals surface area contributed by atoms with Crippen LogP contribution < -0.4 is 5.73 Å². The fraction of sp³-hybridized carbons (Fsp3) is 0.100. The van der Waals surface area contributed by atoms with Crippen LogP contribution in [-0.2, 0) is 0 Å². The number of aromatic nitrogens is 3. The summed E-state index contributed by atoms with van der Waals surface area (Å²) < 4.78 is 1.56. The van der Waals surface area contributed by atoms with Crippen LogP contribution in [-0.4, -0.2) is 20.6 Å². The molecule has 0 atom stereocenters. The molecule has 0 aliphatic heterocycles. The number of nitrogens with zero attached hydrogens (tertiary/aromatic N) is 3. The van der Waals surface area contributed by atoms with E-state index in [0.29, 0.717) is 16.5 Å². The van der Waals surface area contributed by atoms with E-state index in [1.54, 1.807) is 29.1 Å². The van der Waals surface area contributed by atoms with E-state index in [1.165, 1.54) is 0 Å². The number of aryl methyl sites for hydroxylation is 1. The van der Waals surface area contributed by atoms with Gasteiger partial charge < -0.3 is 5.73 Å². The second-order valence-electron chi connectivity index (χ2n) is 3.30. The summed E-state index contributed by atoms with van der Waals surface area (Å²) in [4.78, 5) is 4.19. The molecular weight excluding hydrogens is 226 g/mol. The zero-order chi connectivity index (χ0) is 11.7. The van der Waals surface area contributed by atoms with Gasteiger partial charge in [0.15, 0.2) is 5.82 Å². The van der Waals surface area contributed by atoms with Crippen molar-refractivity contribution in [2.75, 3.05) is 0 Å². The van der Waals surface area contributed by atoms with Crippen LogP contribution in [0.25, 0.3) is 5.82 Å². The maximum absolute atomic E-state index is 7.30. The summed E-state index contributed by atoms with van der Waals surface area (Å²) in [5, 5.41) is 12.1. The minimum absolute atomic E-state index is 0.0724. The van der Waals surface area contributed by atoms with Gasteiger partial charge in [0.2, 0.25) is 0 Å². The fourth-order valence-corrected chi connectivity index (χ4v) is 1.39. The molecule has 0 aliphatic carbocycles. The van der Waals surface area contributed by atoms with Gasteiger partial charge >= 0.3 is 0 Å². The Hall–Kier alpha value is -1.88. The minimum atomic E-state index is -0.0724. The molecule has 0 spiro atoms. The molecule has 0 fully saturated rings. The summed E-state index contributed by atoms with van der Waals surface area (Å²) in [6.45, 7) is 1.81. The van der Waals surface area contributed by atoms with E-state index in [4.69, 9.17) is 22.7 Å². The lowest BCUT2D eigenvalue weighted by molar-refractivity contribution is 0.831. The van der Waals surface area contributed by atoms with Gasteiger partial charge in [-0.1, -0.05) is 17.7 Å². The zero-order valence-electron chi connectivity index (χ0n) is 8.61. The fourth-order valence-electron chi connectivity index (χ4n) is 1.26. The van der Waals surface area contributed by atoms with Crippen molar-refractivity contribution in [1.29, 1.82) is 5.41 Å². The normalized spacial score (nSPS) is 10.4. The Morgan fingerprint density at radius 2 is 2.25 bits per heavy atom. The molecule has 0 amide bonds. The van der Waals surface area contributed by atoms with Crippen LogP contribution in [0.1, 0.15) is 11.4 Å². The van der Waals surface area contributed by atoms with Crippen LogP contribution in [0.5, 0.6) is 0 Å². The molecule has 2 aromatic rings. The monoisotopic (exact) mass is 235 g/mol. The maximum atomic E-state index is 7.30. The summed E-state index contributed by atoms with van der Waals surface area (Å²) in [6, 6.07) is 5.21. The van der Waals surface area contributed by atoms with Gasteiger partial charge in [0.25, 0.3) is 0 Å². The molecule has 0 radical (unpaired) electrons. The Morgan fingerprint density at radius 3 is 2.81 bits per heavy atom. The Labute approximate surface area is 97.4 Å². The molecule has 0 aromatic carbocycles. The van der Waals surface area contributed by atoms with Gasteiger partial charge in [0.1, 0.15) is 11.5 Å². The molecule has 2 heterocycles. The van der Waals surface area contributed by atoms with E-state index in [1.807, 2.05) is 6.92 Å². The van der Waals surface area contributed by atoms with Gasteiger partial charge in [-0.25, -0.2) is 9.67 Å². The third-order valence-electron chi connectivity index (χ3n) is 2.08. The number of hydrogen-bond acceptors (Lipinski definition) is 3. The molecule has 0 aliphatic rings. The summed E-state index contributed by atoms with van der Waals surface area (Å²) in [7, 11) is 0. The number of halogens is 1. The van der Waals surface area contributed by atoms with Gasteiger partial charge in [-0.2, -0.15) is 5.10 Å². The van der Waals surface area contributed by atoms with Crippen molar-refractivity contribution < 1.29 is 0 Å². The van der Waals surface area contributed by atoms with Gasteiger partial charge in [0, 0.05) is 0 Å². The van der Waals surface area contributed by atoms with Gasteiger partial charge in [-0.05, 0) is 19.1 Å². The third-order valence-corrected chi connectivity index (χ3v) is 2.46.